The molecule has 0 amide bonds. The number of ether oxygens (including phenoxy) is 1. The molecule has 0 saturated carbocycles. The highest BCUT2D eigenvalue weighted by Gasteiger charge is 2.18. The van der Waals surface area contributed by atoms with Gasteiger partial charge >= 0.3 is 0 Å². The Bertz CT molecular complexity index is 591. The fourth-order valence-electron chi connectivity index (χ4n) is 2.46. The molecule has 7 heteroatoms. The molecule has 2 heterocycles. The van der Waals surface area contributed by atoms with Crippen molar-refractivity contribution >= 4 is 11.6 Å². The van der Waals surface area contributed by atoms with E-state index in [2.05, 4.69) is 15.0 Å². The summed E-state index contributed by atoms with van der Waals surface area (Å²) < 4.78 is 7.06. The lowest BCUT2D eigenvalue weighted by Gasteiger charge is -2.22. The summed E-state index contributed by atoms with van der Waals surface area (Å²) in [5, 5.41) is 14.6. The molecule has 1 fully saturated rings. The van der Waals surface area contributed by atoms with Gasteiger partial charge in [0.2, 0.25) is 0 Å². The Kier molecular flexibility index (Phi) is 4.50. The largest absolute Gasteiger partial charge is 0.389 e. The maximum atomic E-state index is 9.82. The molecule has 1 atom stereocenters. The number of aromatic nitrogens is 3. The Morgan fingerprint density at radius 3 is 3.14 bits per heavy atom. The first-order valence-electron chi connectivity index (χ1n) is 6.84. The fourth-order valence-corrected chi connectivity index (χ4v) is 2.62. The van der Waals surface area contributed by atoms with Gasteiger partial charge in [-0.2, -0.15) is 5.10 Å². The van der Waals surface area contributed by atoms with Crippen LogP contribution in [-0.2, 0) is 11.3 Å². The molecular formula is C14H17ClN4O2. The second kappa shape index (κ2) is 6.53. The first-order chi connectivity index (χ1) is 10.2. The van der Waals surface area contributed by atoms with E-state index in [-0.39, 0.29) is 0 Å². The highest BCUT2D eigenvalue weighted by atomic mass is 35.5. The molecule has 3 rings (SSSR count). The summed E-state index contributed by atoms with van der Waals surface area (Å²) in [4.78, 5) is 6.15. The summed E-state index contributed by atoms with van der Waals surface area (Å²) in [7, 11) is 0. The molecule has 6 nitrogen and oxygen atoms in total. The van der Waals surface area contributed by atoms with E-state index in [1.54, 1.807) is 11.0 Å². The third-order valence-electron chi connectivity index (χ3n) is 3.44. The topological polar surface area (TPSA) is 63.4 Å². The van der Waals surface area contributed by atoms with Crippen LogP contribution in [0, 0.1) is 0 Å². The molecule has 2 aromatic rings. The first-order valence-corrected chi connectivity index (χ1v) is 7.22. The highest BCUT2D eigenvalue weighted by molar-refractivity contribution is 6.30. The van der Waals surface area contributed by atoms with Crippen LogP contribution in [-0.4, -0.2) is 57.2 Å². The van der Waals surface area contributed by atoms with Crippen molar-refractivity contribution in [1.82, 2.24) is 19.7 Å². The molecule has 0 aliphatic carbocycles. The molecule has 1 aromatic carbocycles. The fraction of sp³-hybridized carbons (Fsp3) is 0.429. The van der Waals surface area contributed by atoms with E-state index in [4.69, 9.17) is 16.3 Å². The number of rotatable bonds is 3. The van der Waals surface area contributed by atoms with Gasteiger partial charge < -0.3 is 9.84 Å². The van der Waals surface area contributed by atoms with E-state index in [0.29, 0.717) is 31.3 Å². The van der Waals surface area contributed by atoms with E-state index in [1.807, 2.05) is 18.2 Å². The van der Waals surface area contributed by atoms with Crippen molar-refractivity contribution in [2.75, 3.05) is 26.3 Å². The van der Waals surface area contributed by atoms with Crippen molar-refractivity contribution in [3.8, 4) is 5.69 Å². The van der Waals surface area contributed by atoms with E-state index in [9.17, 15) is 5.11 Å². The zero-order valence-electron chi connectivity index (χ0n) is 11.5. The minimum atomic E-state index is -0.449. The van der Waals surface area contributed by atoms with Crippen molar-refractivity contribution in [3.05, 3.63) is 41.4 Å². The number of hydrogen-bond acceptors (Lipinski definition) is 5. The predicted octanol–water partition coefficient (Wildman–Crippen LogP) is 1.11. The maximum absolute atomic E-state index is 9.82. The minimum absolute atomic E-state index is 0.396. The second-order valence-electron chi connectivity index (χ2n) is 5.08. The Labute approximate surface area is 127 Å². The predicted molar refractivity (Wildman–Crippen MR) is 78.5 cm³/mol. The van der Waals surface area contributed by atoms with Crippen molar-refractivity contribution < 1.29 is 9.84 Å². The number of aliphatic hydroxyl groups is 1. The van der Waals surface area contributed by atoms with Crippen LogP contribution < -0.4 is 0 Å². The summed E-state index contributed by atoms with van der Waals surface area (Å²) in [6, 6.07) is 5.72. The number of nitrogens with zero attached hydrogens (tertiary/aromatic N) is 4. The molecule has 1 aliphatic rings. The van der Waals surface area contributed by atoms with Crippen LogP contribution in [0.2, 0.25) is 5.02 Å². The van der Waals surface area contributed by atoms with E-state index in [0.717, 1.165) is 17.8 Å². The standard InChI is InChI=1S/C14H17ClN4O2/c15-12-2-1-11(14(5-12)19-10-16-9-17-19)6-18-3-4-21-8-13(20)7-18/h1-2,5,9-10,13,20H,3-4,6-8H2. The van der Waals surface area contributed by atoms with E-state index >= 15 is 0 Å². The lowest BCUT2D eigenvalue weighted by atomic mass is 10.1. The van der Waals surface area contributed by atoms with Crippen LogP contribution in [0.1, 0.15) is 5.56 Å². The lowest BCUT2D eigenvalue weighted by Crippen LogP contribution is -2.32. The van der Waals surface area contributed by atoms with Crippen molar-refractivity contribution in [2.24, 2.45) is 0 Å². The Balaban J connectivity index is 1.84. The molecule has 0 spiro atoms. The van der Waals surface area contributed by atoms with Crippen molar-refractivity contribution in [1.29, 1.82) is 0 Å². The maximum Gasteiger partial charge on any atom is 0.138 e. The molecule has 0 bridgehead atoms. The van der Waals surface area contributed by atoms with Gasteiger partial charge in [0.05, 0.1) is 25.0 Å². The molecule has 21 heavy (non-hydrogen) atoms. The average Bonchev–Trinajstić information content (AvgIpc) is 2.91. The third-order valence-corrected chi connectivity index (χ3v) is 3.67. The SMILES string of the molecule is OC1COCCN(Cc2ccc(Cl)cc2-n2cncn2)C1. The first kappa shape index (κ1) is 14.5. The Morgan fingerprint density at radius 1 is 1.43 bits per heavy atom. The molecule has 1 aliphatic heterocycles. The van der Waals surface area contributed by atoms with Gasteiger partial charge in [0.1, 0.15) is 12.7 Å². The quantitative estimate of drug-likeness (QED) is 0.920. The van der Waals surface area contributed by atoms with Gasteiger partial charge in [0.25, 0.3) is 0 Å². The number of halogens is 1. The summed E-state index contributed by atoms with van der Waals surface area (Å²) in [6.07, 6.45) is 2.69. The van der Waals surface area contributed by atoms with Gasteiger partial charge in [0, 0.05) is 24.7 Å². The molecule has 0 radical (unpaired) electrons. The molecular weight excluding hydrogens is 292 g/mol. The molecule has 112 valence electrons. The Morgan fingerprint density at radius 2 is 2.33 bits per heavy atom. The molecule has 1 N–H and O–H groups in total. The number of hydrogen-bond donors (Lipinski definition) is 1. The van der Waals surface area contributed by atoms with E-state index < -0.39 is 6.10 Å². The second-order valence-corrected chi connectivity index (χ2v) is 5.51. The molecule has 1 saturated heterocycles. The van der Waals surface area contributed by atoms with Crippen LogP contribution in [0.3, 0.4) is 0 Å². The van der Waals surface area contributed by atoms with Gasteiger partial charge in [0.15, 0.2) is 0 Å². The lowest BCUT2D eigenvalue weighted by molar-refractivity contribution is 0.0562. The summed E-state index contributed by atoms with van der Waals surface area (Å²) in [5.41, 5.74) is 1.98. The number of aliphatic hydroxyl groups excluding tert-OH is 1. The van der Waals surface area contributed by atoms with Crippen LogP contribution >= 0.6 is 11.6 Å². The summed E-state index contributed by atoms with van der Waals surface area (Å²) in [5.74, 6) is 0. The van der Waals surface area contributed by atoms with Crippen LogP contribution in [0.5, 0.6) is 0 Å². The normalized spacial score (nSPS) is 20.4. The van der Waals surface area contributed by atoms with Gasteiger partial charge in [-0.15, -0.1) is 0 Å². The summed E-state index contributed by atoms with van der Waals surface area (Å²) in [6.45, 7) is 3.11. The highest BCUT2D eigenvalue weighted by Crippen LogP contribution is 2.21. The third kappa shape index (κ3) is 3.59. The number of benzene rings is 1. The van der Waals surface area contributed by atoms with Gasteiger partial charge in [-0.3, -0.25) is 4.90 Å². The zero-order chi connectivity index (χ0) is 14.7. The zero-order valence-corrected chi connectivity index (χ0v) is 12.3. The van der Waals surface area contributed by atoms with Crippen LogP contribution in [0.4, 0.5) is 0 Å². The summed E-state index contributed by atoms with van der Waals surface area (Å²) >= 11 is 6.09. The number of β-amino-alcohol motifs (C(OH)–C–C–N with tert-alkyl or cyclic N) is 1. The van der Waals surface area contributed by atoms with Crippen molar-refractivity contribution in [2.45, 2.75) is 12.6 Å². The minimum Gasteiger partial charge on any atom is -0.389 e. The molecule has 1 aromatic heterocycles. The average molecular weight is 309 g/mol. The van der Waals surface area contributed by atoms with Crippen molar-refractivity contribution in [3.63, 3.8) is 0 Å². The van der Waals surface area contributed by atoms with Gasteiger partial charge in [-0.05, 0) is 17.7 Å². The van der Waals surface area contributed by atoms with Crippen LogP contribution in [0.25, 0.3) is 5.69 Å². The smallest absolute Gasteiger partial charge is 0.138 e. The van der Waals surface area contributed by atoms with Gasteiger partial charge in [-0.25, -0.2) is 9.67 Å². The monoisotopic (exact) mass is 308 g/mol. The Hall–Kier alpha value is -1.47. The van der Waals surface area contributed by atoms with Gasteiger partial charge in [-0.1, -0.05) is 17.7 Å². The molecule has 1 unspecified atom stereocenters. The van der Waals surface area contributed by atoms with E-state index in [1.165, 1.54) is 6.33 Å². The van der Waals surface area contributed by atoms with Crippen LogP contribution in [0.15, 0.2) is 30.9 Å².